The van der Waals surface area contributed by atoms with Gasteiger partial charge in [-0.05, 0) is 25.0 Å². The fourth-order valence-electron chi connectivity index (χ4n) is 2.20. The van der Waals surface area contributed by atoms with Crippen LogP contribution in [-0.2, 0) is 0 Å². The van der Waals surface area contributed by atoms with Crippen LogP contribution >= 0.6 is 0 Å². The Kier molecular flexibility index (Phi) is 7.24. The summed E-state index contributed by atoms with van der Waals surface area (Å²) < 4.78 is 0. The molecule has 1 aromatic carbocycles. The van der Waals surface area contributed by atoms with Gasteiger partial charge in [-0.1, -0.05) is 57.6 Å². The van der Waals surface area contributed by atoms with Gasteiger partial charge in [-0.2, -0.15) is 0 Å². The third-order valence-electron chi connectivity index (χ3n) is 3.61. The third-order valence-corrected chi connectivity index (χ3v) is 3.61. The second-order valence-electron chi connectivity index (χ2n) is 5.37. The van der Waals surface area contributed by atoms with Gasteiger partial charge in [-0.25, -0.2) is 0 Å². The smallest absolute Gasteiger partial charge is 0.162 e. The molecule has 0 aromatic heterocycles. The van der Waals surface area contributed by atoms with Crippen LogP contribution in [0.15, 0.2) is 18.2 Å². The molecular weight excluding hydrogens is 234 g/mol. The molecule has 1 aromatic rings. The van der Waals surface area contributed by atoms with Gasteiger partial charge in [0.25, 0.3) is 0 Å². The number of aryl methyl sites for hydroxylation is 1. The van der Waals surface area contributed by atoms with Crippen LogP contribution in [0.2, 0.25) is 0 Å². The van der Waals surface area contributed by atoms with E-state index in [0.717, 1.165) is 24.0 Å². The quantitative estimate of drug-likeness (QED) is 0.390. The van der Waals surface area contributed by atoms with Crippen LogP contribution < -0.4 is 5.73 Å². The fraction of sp³-hybridized carbons (Fsp3) is 0.588. The molecule has 0 spiro atoms. The number of hydrogen-bond donors (Lipinski definition) is 1. The van der Waals surface area contributed by atoms with Crippen LogP contribution in [0, 0.1) is 6.92 Å². The summed E-state index contributed by atoms with van der Waals surface area (Å²) in [5.74, 6) is 0.222. The third kappa shape index (κ3) is 5.91. The first-order chi connectivity index (χ1) is 9.15. The maximum Gasteiger partial charge on any atom is 0.162 e. The normalized spacial score (nSPS) is 10.6. The van der Waals surface area contributed by atoms with Gasteiger partial charge < -0.3 is 5.73 Å². The maximum atomic E-state index is 12.0. The molecule has 0 atom stereocenters. The van der Waals surface area contributed by atoms with Gasteiger partial charge in [0.2, 0.25) is 0 Å². The Morgan fingerprint density at radius 2 is 1.68 bits per heavy atom. The summed E-state index contributed by atoms with van der Waals surface area (Å²) in [4.78, 5) is 12.0. The molecule has 0 fully saturated rings. The lowest BCUT2D eigenvalue weighted by atomic mass is 10.0. The molecule has 2 heteroatoms. The molecule has 0 unspecified atom stereocenters. The van der Waals surface area contributed by atoms with Crippen molar-refractivity contribution < 1.29 is 4.79 Å². The van der Waals surface area contributed by atoms with E-state index in [4.69, 9.17) is 5.73 Å². The summed E-state index contributed by atoms with van der Waals surface area (Å²) in [5.41, 5.74) is 8.34. The second kappa shape index (κ2) is 8.73. The first-order valence-electron chi connectivity index (χ1n) is 7.54. The molecule has 0 aliphatic rings. The van der Waals surface area contributed by atoms with Crippen molar-refractivity contribution >= 4 is 11.5 Å². The molecule has 1 rings (SSSR count). The molecular formula is C17H27NO. The van der Waals surface area contributed by atoms with Gasteiger partial charge in [0.15, 0.2) is 5.78 Å². The average molecular weight is 261 g/mol. The highest BCUT2D eigenvalue weighted by Gasteiger charge is 2.06. The van der Waals surface area contributed by atoms with E-state index in [9.17, 15) is 4.79 Å². The Hall–Kier alpha value is -1.31. The van der Waals surface area contributed by atoms with E-state index < -0.39 is 0 Å². The van der Waals surface area contributed by atoms with Gasteiger partial charge in [0, 0.05) is 17.7 Å². The number of hydrogen-bond acceptors (Lipinski definition) is 2. The SMILES string of the molecule is CCCCCCCCCC(=O)c1ccc(C)c(N)c1. The standard InChI is InChI=1S/C17H27NO/c1-3-4-5-6-7-8-9-10-17(19)15-12-11-14(2)16(18)13-15/h11-13H,3-10,18H2,1-2H3. The van der Waals surface area contributed by atoms with Gasteiger partial charge in [0.05, 0.1) is 0 Å². The molecule has 0 heterocycles. The minimum absolute atomic E-state index is 0.222. The van der Waals surface area contributed by atoms with Crippen molar-refractivity contribution in [1.29, 1.82) is 0 Å². The summed E-state index contributed by atoms with van der Waals surface area (Å²) in [6, 6.07) is 5.61. The van der Waals surface area contributed by atoms with E-state index in [2.05, 4.69) is 6.92 Å². The van der Waals surface area contributed by atoms with Gasteiger partial charge in [0.1, 0.15) is 0 Å². The van der Waals surface area contributed by atoms with Gasteiger partial charge >= 0.3 is 0 Å². The van der Waals surface area contributed by atoms with Crippen molar-refractivity contribution in [1.82, 2.24) is 0 Å². The van der Waals surface area contributed by atoms with E-state index in [0.29, 0.717) is 12.1 Å². The molecule has 0 saturated carbocycles. The topological polar surface area (TPSA) is 43.1 Å². The number of benzene rings is 1. The van der Waals surface area contributed by atoms with Crippen LogP contribution in [0.5, 0.6) is 0 Å². The van der Waals surface area contributed by atoms with Crippen molar-refractivity contribution in [3.63, 3.8) is 0 Å². The molecule has 0 aliphatic carbocycles. The Morgan fingerprint density at radius 3 is 2.32 bits per heavy atom. The minimum atomic E-state index is 0.222. The summed E-state index contributed by atoms with van der Waals surface area (Å²) >= 11 is 0. The van der Waals surface area contributed by atoms with Crippen LogP contribution in [-0.4, -0.2) is 5.78 Å². The van der Waals surface area contributed by atoms with Crippen molar-refractivity contribution in [3.8, 4) is 0 Å². The first kappa shape index (κ1) is 15.7. The minimum Gasteiger partial charge on any atom is -0.398 e. The largest absolute Gasteiger partial charge is 0.398 e. The van der Waals surface area contributed by atoms with Crippen LogP contribution in [0.1, 0.15) is 74.2 Å². The molecule has 106 valence electrons. The Bertz CT molecular complexity index is 398. The van der Waals surface area contributed by atoms with E-state index in [1.807, 2.05) is 19.1 Å². The summed E-state index contributed by atoms with van der Waals surface area (Å²) in [5, 5.41) is 0. The highest BCUT2D eigenvalue weighted by molar-refractivity contribution is 5.96. The number of carbonyl (C=O) groups excluding carboxylic acids is 1. The van der Waals surface area contributed by atoms with E-state index in [1.54, 1.807) is 6.07 Å². The molecule has 19 heavy (non-hydrogen) atoms. The number of ketones is 1. The van der Waals surface area contributed by atoms with Gasteiger partial charge in [-0.3, -0.25) is 4.79 Å². The van der Waals surface area contributed by atoms with Crippen molar-refractivity contribution in [2.45, 2.75) is 65.2 Å². The Morgan fingerprint density at radius 1 is 1.05 bits per heavy atom. The zero-order valence-electron chi connectivity index (χ0n) is 12.4. The number of anilines is 1. The lowest BCUT2D eigenvalue weighted by molar-refractivity contribution is 0.0979. The molecule has 0 saturated heterocycles. The highest BCUT2D eigenvalue weighted by Crippen LogP contribution is 2.16. The molecule has 0 radical (unpaired) electrons. The molecule has 2 nitrogen and oxygen atoms in total. The van der Waals surface area contributed by atoms with E-state index in [1.165, 1.54) is 32.1 Å². The number of rotatable bonds is 9. The zero-order chi connectivity index (χ0) is 14.1. The average Bonchev–Trinajstić information content (AvgIpc) is 2.40. The summed E-state index contributed by atoms with van der Waals surface area (Å²) in [7, 11) is 0. The summed E-state index contributed by atoms with van der Waals surface area (Å²) in [6.45, 7) is 4.19. The van der Waals surface area contributed by atoms with Crippen molar-refractivity contribution in [3.05, 3.63) is 29.3 Å². The van der Waals surface area contributed by atoms with E-state index in [-0.39, 0.29) is 5.78 Å². The fourth-order valence-corrected chi connectivity index (χ4v) is 2.20. The number of nitrogen functional groups attached to an aromatic ring is 1. The first-order valence-corrected chi connectivity index (χ1v) is 7.54. The number of Topliss-reactive ketones (excluding diaryl/α,β-unsaturated/α-hetero) is 1. The van der Waals surface area contributed by atoms with Crippen LogP contribution in [0.3, 0.4) is 0 Å². The second-order valence-corrected chi connectivity index (χ2v) is 5.37. The Balaban J connectivity index is 2.22. The van der Waals surface area contributed by atoms with Gasteiger partial charge in [-0.15, -0.1) is 0 Å². The zero-order valence-corrected chi connectivity index (χ0v) is 12.4. The van der Waals surface area contributed by atoms with Crippen molar-refractivity contribution in [2.75, 3.05) is 5.73 Å². The van der Waals surface area contributed by atoms with Crippen LogP contribution in [0.4, 0.5) is 5.69 Å². The number of unbranched alkanes of at least 4 members (excludes halogenated alkanes) is 6. The lowest BCUT2D eigenvalue weighted by Crippen LogP contribution is -2.01. The molecule has 0 amide bonds. The summed E-state index contributed by atoms with van der Waals surface area (Å²) in [6.07, 6.45) is 9.32. The predicted octanol–water partition coefficient (Wildman–Crippen LogP) is 4.90. The lowest BCUT2D eigenvalue weighted by Gasteiger charge is -2.05. The van der Waals surface area contributed by atoms with E-state index >= 15 is 0 Å². The molecule has 0 aliphatic heterocycles. The predicted molar refractivity (Wildman–Crippen MR) is 82.5 cm³/mol. The number of carbonyl (C=O) groups is 1. The highest BCUT2D eigenvalue weighted by atomic mass is 16.1. The maximum absolute atomic E-state index is 12.0. The molecule has 2 N–H and O–H groups in total. The molecule has 0 bridgehead atoms. The monoisotopic (exact) mass is 261 g/mol. The van der Waals surface area contributed by atoms with Crippen LogP contribution in [0.25, 0.3) is 0 Å². The Labute approximate surface area is 117 Å². The van der Waals surface area contributed by atoms with Crippen molar-refractivity contribution in [2.24, 2.45) is 0 Å². The number of nitrogens with two attached hydrogens (primary N) is 1.